The first kappa shape index (κ1) is 16.0. The lowest BCUT2D eigenvalue weighted by Gasteiger charge is -2.30. The predicted octanol–water partition coefficient (Wildman–Crippen LogP) is 3.67. The molecule has 4 rings (SSSR count). The monoisotopic (exact) mass is 354 g/mol. The fraction of sp³-hybridized carbons (Fsp3) is 0.368. The zero-order valence-corrected chi connectivity index (χ0v) is 14.7. The van der Waals surface area contributed by atoms with E-state index in [9.17, 15) is 10.1 Å². The Balaban J connectivity index is 1.57. The first-order valence-corrected chi connectivity index (χ1v) is 9.27. The van der Waals surface area contributed by atoms with Gasteiger partial charge in [0, 0.05) is 4.88 Å². The highest BCUT2D eigenvalue weighted by atomic mass is 32.1. The first-order valence-electron chi connectivity index (χ1n) is 8.45. The molecule has 1 amide bonds. The Morgan fingerprint density at radius 3 is 2.72 bits per heavy atom. The average Bonchev–Trinajstić information content (AvgIpc) is 2.97. The van der Waals surface area contributed by atoms with E-state index in [1.54, 1.807) is 6.07 Å². The Morgan fingerprint density at radius 1 is 1.24 bits per heavy atom. The Hall–Kier alpha value is -2.52. The van der Waals surface area contributed by atoms with Gasteiger partial charge in [0.1, 0.15) is 17.2 Å². The van der Waals surface area contributed by atoms with E-state index in [1.165, 1.54) is 16.2 Å². The van der Waals surface area contributed by atoms with E-state index in [0.29, 0.717) is 22.1 Å². The van der Waals surface area contributed by atoms with Crippen LogP contribution in [0.3, 0.4) is 0 Å². The third-order valence-corrected chi connectivity index (χ3v) is 5.83. The van der Waals surface area contributed by atoms with Crippen LogP contribution in [0.4, 0.5) is 5.00 Å². The second-order valence-electron chi connectivity index (χ2n) is 6.32. The van der Waals surface area contributed by atoms with Crippen LogP contribution >= 0.6 is 11.3 Å². The topological polar surface area (TPSA) is 71.3 Å². The van der Waals surface area contributed by atoms with Gasteiger partial charge in [-0.2, -0.15) is 5.26 Å². The summed E-state index contributed by atoms with van der Waals surface area (Å²) in [6.45, 7) is 1.81. The number of benzene rings is 1. The van der Waals surface area contributed by atoms with Gasteiger partial charge in [0.25, 0.3) is 5.91 Å². The number of nitriles is 1. The largest absolute Gasteiger partial charge is 0.482 e. The van der Waals surface area contributed by atoms with Crippen molar-refractivity contribution in [1.29, 1.82) is 5.26 Å². The smallest absolute Gasteiger partial charge is 0.270 e. The Kier molecular flexibility index (Phi) is 4.10. The van der Waals surface area contributed by atoms with Crippen LogP contribution in [-0.2, 0) is 17.6 Å². The molecule has 128 valence electrons. The number of carbonyl (C=O) groups excluding carboxylic acids is 1. The summed E-state index contributed by atoms with van der Waals surface area (Å²) in [6.07, 6.45) is 2.98. The van der Waals surface area contributed by atoms with E-state index in [4.69, 9.17) is 9.47 Å². The van der Waals surface area contributed by atoms with Crippen LogP contribution < -0.4 is 14.8 Å². The average molecular weight is 354 g/mol. The number of hydrogen-bond acceptors (Lipinski definition) is 5. The lowest BCUT2D eigenvalue weighted by atomic mass is 9.96. The summed E-state index contributed by atoms with van der Waals surface area (Å²) in [6, 6.07) is 9.57. The number of aryl methyl sites for hydroxylation is 1. The van der Waals surface area contributed by atoms with E-state index in [1.807, 2.05) is 25.1 Å². The van der Waals surface area contributed by atoms with Crippen LogP contribution in [0.1, 0.15) is 35.8 Å². The van der Waals surface area contributed by atoms with Crippen LogP contribution in [0.15, 0.2) is 24.3 Å². The minimum absolute atomic E-state index is 0.280. The number of rotatable bonds is 2. The number of carbonyl (C=O) groups is 1. The lowest BCUT2D eigenvalue weighted by Crippen LogP contribution is -2.46. The summed E-state index contributed by atoms with van der Waals surface area (Å²) < 4.78 is 11.6. The number of thiophene rings is 1. The fourth-order valence-electron chi connectivity index (χ4n) is 3.36. The number of hydrogen-bond donors (Lipinski definition) is 1. The van der Waals surface area contributed by atoms with E-state index in [2.05, 4.69) is 11.4 Å². The highest BCUT2D eigenvalue weighted by molar-refractivity contribution is 7.16. The zero-order chi connectivity index (χ0) is 17.4. The second-order valence-corrected chi connectivity index (χ2v) is 7.43. The molecule has 2 unspecified atom stereocenters. The molecule has 2 atom stereocenters. The molecule has 2 aromatic rings. The Bertz CT molecular complexity index is 868. The second kappa shape index (κ2) is 6.41. The third kappa shape index (κ3) is 2.85. The van der Waals surface area contributed by atoms with Crippen molar-refractivity contribution in [1.82, 2.24) is 0 Å². The van der Waals surface area contributed by atoms with Crippen LogP contribution in [0.25, 0.3) is 0 Å². The van der Waals surface area contributed by atoms with Crippen LogP contribution in [0.2, 0.25) is 0 Å². The molecule has 0 radical (unpaired) electrons. The molecule has 0 fully saturated rings. The highest BCUT2D eigenvalue weighted by Crippen LogP contribution is 2.38. The van der Waals surface area contributed by atoms with Gasteiger partial charge in [0.05, 0.1) is 5.56 Å². The zero-order valence-electron chi connectivity index (χ0n) is 13.9. The standard InChI is InChI=1S/C19H18N2O3S/c1-11-17(24-15-8-4-3-7-14(15)23-11)18(22)21-19-13(10-20)12-6-2-5-9-16(12)25-19/h3-4,7-8,11,17H,2,5-6,9H2,1H3,(H,21,22). The number of ether oxygens (including phenoxy) is 2. The number of nitrogens with one attached hydrogen (secondary N) is 1. The Morgan fingerprint density at radius 2 is 1.96 bits per heavy atom. The maximum atomic E-state index is 12.7. The van der Waals surface area contributed by atoms with E-state index in [0.717, 1.165) is 31.2 Å². The van der Waals surface area contributed by atoms with Crippen molar-refractivity contribution in [3.05, 3.63) is 40.3 Å². The van der Waals surface area contributed by atoms with Gasteiger partial charge in [-0.15, -0.1) is 11.3 Å². The van der Waals surface area contributed by atoms with E-state index < -0.39 is 12.2 Å². The van der Waals surface area contributed by atoms with E-state index in [-0.39, 0.29) is 5.91 Å². The molecule has 25 heavy (non-hydrogen) atoms. The number of amides is 1. The molecule has 2 heterocycles. The normalized spacial score (nSPS) is 21.1. The summed E-state index contributed by atoms with van der Waals surface area (Å²) >= 11 is 1.51. The maximum absolute atomic E-state index is 12.7. The molecule has 2 aliphatic rings. The molecule has 1 aliphatic carbocycles. The summed E-state index contributed by atoms with van der Waals surface area (Å²) in [4.78, 5) is 14.0. The van der Waals surface area contributed by atoms with Crippen molar-refractivity contribution in [2.75, 3.05) is 5.32 Å². The molecule has 1 aromatic carbocycles. The number of fused-ring (bicyclic) bond motifs is 2. The minimum atomic E-state index is -0.749. The van der Waals surface area contributed by atoms with Gasteiger partial charge >= 0.3 is 0 Å². The molecule has 0 saturated carbocycles. The molecule has 1 N–H and O–H groups in total. The van der Waals surface area contributed by atoms with Gasteiger partial charge < -0.3 is 14.8 Å². The maximum Gasteiger partial charge on any atom is 0.270 e. The first-order chi connectivity index (χ1) is 12.2. The van der Waals surface area contributed by atoms with Gasteiger partial charge in [-0.3, -0.25) is 4.79 Å². The summed E-state index contributed by atoms with van der Waals surface area (Å²) in [7, 11) is 0. The third-order valence-electron chi connectivity index (χ3n) is 4.62. The van der Waals surface area contributed by atoms with Crippen molar-refractivity contribution in [2.45, 2.75) is 44.8 Å². The highest BCUT2D eigenvalue weighted by Gasteiger charge is 2.35. The number of para-hydroxylation sites is 2. The van der Waals surface area contributed by atoms with Gasteiger partial charge in [-0.25, -0.2) is 0 Å². The quantitative estimate of drug-likeness (QED) is 0.893. The summed E-state index contributed by atoms with van der Waals surface area (Å²) in [5.74, 6) is 0.923. The molecule has 0 saturated heterocycles. The minimum Gasteiger partial charge on any atom is -0.482 e. The van der Waals surface area contributed by atoms with Crippen molar-refractivity contribution < 1.29 is 14.3 Å². The SMILES string of the molecule is CC1Oc2ccccc2OC1C(=O)Nc1sc2c(c1C#N)CCCC2. The van der Waals surface area contributed by atoms with Crippen molar-refractivity contribution in [3.8, 4) is 17.6 Å². The Labute approximate surface area is 150 Å². The summed E-state index contributed by atoms with van der Waals surface area (Å²) in [5.41, 5.74) is 1.71. The van der Waals surface area contributed by atoms with Gasteiger partial charge in [0.2, 0.25) is 6.10 Å². The number of nitrogens with zero attached hydrogens (tertiary/aromatic N) is 1. The van der Waals surface area contributed by atoms with Crippen LogP contribution in [0.5, 0.6) is 11.5 Å². The molecule has 5 nitrogen and oxygen atoms in total. The fourth-order valence-corrected chi connectivity index (χ4v) is 4.60. The molecule has 1 aliphatic heterocycles. The van der Waals surface area contributed by atoms with Crippen molar-refractivity contribution in [3.63, 3.8) is 0 Å². The van der Waals surface area contributed by atoms with Crippen LogP contribution in [0, 0.1) is 11.3 Å². The molecular weight excluding hydrogens is 336 g/mol. The molecule has 0 spiro atoms. The van der Waals surface area contributed by atoms with E-state index >= 15 is 0 Å². The number of anilines is 1. The predicted molar refractivity (Wildman–Crippen MR) is 95.3 cm³/mol. The van der Waals surface area contributed by atoms with Gasteiger partial charge in [0.15, 0.2) is 11.5 Å². The van der Waals surface area contributed by atoms with Crippen LogP contribution in [-0.4, -0.2) is 18.1 Å². The molecule has 6 heteroatoms. The summed E-state index contributed by atoms with van der Waals surface area (Å²) in [5, 5.41) is 13.1. The lowest BCUT2D eigenvalue weighted by molar-refractivity contribution is -0.127. The molecule has 1 aromatic heterocycles. The van der Waals surface area contributed by atoms with Crippen molar-refractivity contribution >= 4 is 22.2 Å². The molecule has 0 bridgehead atoms. The van der Waals surface area contributed by atoms with Gasteiger partial charge in [-0.05, 0) is 50.3 Å². The van der Waals surface area contributed by atoms with Crippen molar-refractivity contribution in [2.24, 2.45) is 0 Å². The molecular formula is C19H18N2O3S. The van der Waals surface area contributed by atoms with Gasteiger partial charge in [-0.1, -0.05) is 12.1 Å².